The van der Waals surface area contributed by atoms with Crippen molar-refractivity contribution in [2.24, 2.45) is 5.92 Å². The Morgan fingerprint density at radius 1 is 0.938 bits per heavy atom. The summed E-state index contributed by atoms with van der Waals surface area (Å²) in [6.07, 6.45) is 2.54. The van der Waals surface area contributed by atoms with E-state index >= 15 is 0 Å². The summed E-state index contributed by atoms with van der Waals surface area (Å²) >= 11 is 0. The number of aliphatic carboxylic acids is 1. The number of amides is 2. The van der Waals surface area contributed by atoms with Gasteiger partial charge in [-0.3, -0.25) is 9.59 Å². The summed E-state index contributed by atoms with van der Waals surface area (Å²) in [5.41, 5.74) is 4.61. The van der Waals surface area contributed by atoms with Crippen LogP contribution in [-0.2, 0) is 14.3 Å². The molecule has 1 fully saturated rings. The second kappa shape index (κ2) is 9.85. The minimum atomic E-state index is -0.869. The molecule has 7 nitrogen and oxygen atoms in total. The van der Waals surface area contributed by atoms with Gasteiger partial charge >= 0.3 is 12.1 Å². The fraction of sp³-hybridized carbons (Fsp3) is 0.400. The molecule has 1 saturated carbocycles. The standard InChI is InChI=1S/C25H28N2O5/c28-23(27-22-12-6-5-11-20(22)24(29)30)13-14-26-25(31)32-15-21-18-9-3-1-7-16(18)17-8-2-4-10-19(17)21/h1-4,7-10,20-22H,5-6,11-15H2,(H,26,31)(H,27,28)(H,29,30). The number of carboxylic acids is 1. The lowest BCUT2D eigenvalue weighted by atomic mass is 9.84. The molecule has 0 heterocycles. The van der Waals surface area contributed by atoms with Crippen molar-refractivity contribution < 1.29 is 24.2 Å². The van der Waals surface area contributed by atoms with Crippen molar-refractivity contribution in [3.63, 3.8) is 0 Å². The summed E-state index contributed by atoms with van der Waals surface area (Å²) in [7, 11) is 0. The number of carbonyl (C=O) groups excluding carboxylic acids is 2. The molecule has 4 rings (SSSR count). The Balaban J connectivity index is 1.24. The first-order chi connectivity index (χ1) is 15.5. The third-order valence-electron chi connectivity index (χ3n) is 6.39. The van der Waals surface area contributed by atoms with E-state index in [2.05, 4.69) is 34.9 Å². The number of fused-ring (bicyclic) bond motifs is 3. The quantitative estimate of drug-likeness (QED) is 0.614. The Morgan fingerprint density at radius 3 is 2.22 bits per heavy atom. The summed E-state index contributed by atoms with van der Waals surface area (Å²) in [5, 5.41) is 14.7. The second-order valence-corrected chi connectivity index (χ2v) is 8.41. The topological polar surface area (TPSA) is 105 Å². The van der Waals surface area contributed by atoms with Crippen molar-refractivity contribution in [1.82, 2.24) is 10.6 Å². The molecule has 2 atom stereocenters. The van der Waals surface area contributed by atoms with E-state index in [1.54, 1.807) is 0 Å². The molecule has 0 aromatic heterocycles. The molecule has 2 aliphatic rings. The molecule has 7 heteroatoms. The van der Waals surface area contributed by atoms with Crippen LogP contribution < -0.4 is 10.6 Å². The van der Waals surface area contributed by atoms with Crippen molar-refractivity contribution in [1.29, 1.82) is 0 Å². The van der Waals surface area contributed by atoms with Crippen LogP contribution in [0.1, 0.15) is 49.1 Å². The minimum Gasteiger partial charge on any atom is -0.481 e. The highest BCUT2D eigenvalue weighted by atomic mass is 16.5. The normalized spacial score (nSPS) is 19.5. The molecule has 0 saturated heterocycles. The fourth-order valence-corrected chi connectivity index (χ4v) is 4.81. The van der Waals surface area contributed by atoms with Crippen LogP contribution in [0, 0.1) is 5.92 Å². The Bertz CT molecular complexity index is 960. The second-order valence-electron chi connectivity index (χ2n) is 8.41. The van der Waals surface area contributed by atoms with E-state index in [1.165, 1.54) is 0 Å². The smallest absolute Gasteiger partial charge is 0.407 e. The lowest BCUT2D eigenvalue weighted by Gasteiger charge is -2.29. The fourth-order valence-electron chi connectivity index (χ4n) is 4.81. The maximum Gasteiger partial charge on any atom is 0.407 e. The monoisotopic (exact) mass is 436 g/mol. The highest BCUT2D eigenvalue weighted by molar-refractivity contribution is 5.80. The molecule has 0 spiro atoms. The van der Waals surface area contributed by atoms with Gasteiger partial charge in [0.15, 0.2) is 0 Å². The van der Waals surface area contributed by atoms with Crippen molar-refractivity contribution >= 4 is 18.0 Å². The van der Waals surface area contributed by atoms with Crippen LogP contribution in [0.5, 0.6) is 0 Å². The van der Waals surface area contributed by atoms with E-state index < -0.39 is 18.0 Å². The molecule has 0 bridgehead atoms. The molecule has 168 valence electrons. The van der Waals surface area contributed by atoms with Gasteiger partial charge in [-0.25, -0.2) is 4.79 Å². The zero-order valence-electron chi connectivity index (χ0n) is 17.9. The molecular formula is C25H28N2O5. The van der Waals surface area contributed by atoms with Crippen molar-refractivity contribution in [3.8, 4) is 11.1 Å². The maximum atomic E-state index is 12.2. The molecule has 3 N–H and O–H groups in total. The highest BCUT2D eigenvalue weighted by Gasteiger charge is 2.32. The SMILES string of the molecule is O=C(CCNC(=O)OCC1c2ccccc2-c2ccccc21)NC1CCCCC1C(=O)O. The van der Waals surface area contributed by atoms with Crippen LogP contribution in [0.25, 0.3) is 11.1 Å². The van der Waals surface area contributed by atoms with Gasteiger partial charge < -0.3 is 20.5 Å². The summed E-state index contributed by atoms with van der Waals surface area (Å²) in [6, 6.07) is 15.9. The maximum absolute atomic E-state index is 12.2. The van der Waals surface area contributed by atoms with Crippen LogP contribution in [0.4, 0.5) is 4.79 Å². The zero-order chi connectivity index (χ0) is 22.5. The van der Waals surface area contributed by atoms with Gasteiger partial charge in [0.05, 0.1) is 5.92 Å². The molecule has 32 heavy (non-hydrogen) atoms. The number of hydrogen-bond donors (Lipinski definition) is 3. The van der Waals surface area contributed by atoms with Gasteiger partial charge in [0, 0.05) is 24.9 Å². The largest absolute Gasteiger partial charge is 0.481 e. The van der Waals surface area contributed by atoms with Crippen LogP contribution in [0.15, 0.2) is 48.5 Å². The predicted octanol–water partition coefficient (Wildman–Crippen LogP) is 3.67. The number of hydrogen-bond acceptors (Lipinski definition) is 4. The average Bonchev–Trinajstić information content (AvgIpc) is 3.12. The molecule has 2 aromatic rings. The van der Waals surface area contributed by atoms with E-state index in [9.17, 15) is 19.5 Å². The number of benzene rings is 2. The summed E-state index contributed by atoms with van der Waals surface area (Å²) in [5.74, 6) is -1.69. The van der Waals surface area contributed by atoms with Gasteiger partial charge in [-0.05, 0) is 35.1 Å². The van der Waals surface area contributed by atoms with Gasteiger partial charge in [0.1, 0.15) is 6.61 Å². The van der Waals surface area contributed by atoms with Crippen LogP contribution >= 0.6 is 0 Å². The van der Waals surface area contributed by atoms with Crippen LogP contribution in [0.2, 0.25) is 0 Å². The highest BCUT2D eigenvalue weighted by Crippen LogP contribution is 2.44. The Kier molecular flexibility index (Phi) is 6.73. The Hall–Kier alpha value is -3.35. The van der Waals surface area contributed by atoms with Gasteiger partial charge in [0.25, 0.3) is 0 Å². The van der Waals surface area contributed by atoms with Crippen molar-refractivity contribution in [3.05, 3.63) is 59.7 Å². The van der Waals surface area contributed by atoms with E-state index in [0.717, 1.165) is 35.1 Å². The van der Waals surface area contributed by atoms with Gasteiger partial charge in [-0.2, -0.15) is 0 Å². The lowest BCUT2D eigenvalue weighted by Crippen LogP contribution is -2.45. The summed E-state index contributed by atoms with van der Waals surface area (Å²) in [4.78, 5) is 35.8. The number of nitrogens with one attached hydrogen (secondary N) is 2. The molecule has 2 amide bonds. The number of ether oxygens (including phenoxy) is 1. The van der Waals surface area contributed by atoms with Gasteiger partial charge in [-0.1, -0.05) is 61.4 Å². The van der Waals surface area contributed by atoms with Gasteiger partial charge in [0.2, 0.25) is 5.91 Å². The molecule has 0 radical (unpaired) electrons. The first-order valence-corrected chi connectivity index (χ1v) is 11.2. The summed E-state index contributed by atoms with van der Waals surface area (Å²) < 4.78 is 5.46. The van der Waals surface area contributed by atoms with Crippen molar-refractivity contribution in [2.45, 2.75) is 44.1 Å². The number of carboxylic acid groups (broad SMARTS) is 1. The van der Waals surface area contributed by atoms with E-state index in [-0.39, 0.29) is 37.4 Å². The summed E-state index contributed by atoms with van der Waals surface area (Å²) in [6.45, 7) is 0.349. The number of carbonyl (C=O) groups is 3. The molecule has 0 aliphatic heterocycles. The zero-order valence-corrected chi connectivity index (χ0v) is 17.9. The average molecular weight is 437 g/mol. The molecule has 2 unspecified atom stereocenters. The lowest BCUT2D eigenvalue weighted by molar-refractivity contribution is -0.144. The van der Waals surface area contributed by atoms with E-state index in [1.807, 2.05) is 24.3 Å². The van der Waals surface area contributed by atoms with Gasteiger partial charge in [-0.15, -0.1) is 0 Å². The molecule has 2 aromatic carbocycles. The number of rotatable bonds is 7. The minimum absolute atomic E-state index is 0.0179. The first kappa shape index (κ1) is 21.9. The first-order valence-electron chi connectivity index (χ1n) is 11.2. The van der Waals surface area contributed by atoms with Crippen LogP contribution in [0.3, 0.4) is 0 Å². The number of alkyl carbamates (subject to hydrolysis) is 1. The Morgan fingerprint density at radius 2 is 1.56 bits per heavy atom. The Labute approximate surface area is 187 Å². The predicted molar refractivity (Wildman–Crippen MR) is 119 cm³/mol. The third-order valence-corrected chi connectivity index (χ3v) is 6.39. The van der Waals surface area contributed by atoms with E-state index in [4.69, 9.17) is 4.74 Å². The van der Waals surface area contributed by atoms with E-state index in [0.29, 0.717) is 12.8 Å². The molecule has 2 aliphatic carbocycles. The molecular weight excluding hydrogens is 408 g/mol. The third kappa shape index (κ3) is 4.77. The van der Waals surface area contributed by atoms with Crippen molar-refractivity contribution in [2.75, 3.05) is 13.2 Å². The van der Waals surface area contributed by atoms with Crippen LogP contribution in [-0.4, -0.2) is 42.3 Å².